The Morgan fingerprint density at radius 3 is 2.43 bits per heavy atom. The maximum atomic E-state index is 12.4. The number of thiophene rings is 1. The van der Waals surface area contributed by atoms with Gasteiger partial charge >= 0.3 is 0 Å². The third-order valence-corrected chi connectivity index (χ3v) is 5.22. The minimum absolute atomic E-state index is 0.187. The second-order valence-corrected chi connectivity index (χ2v) is 7.50. The van der Waals surface area contributed by atoms with Crippen molar-refractivity contribution >= 4 is 29.1 Å². The Balaban J connectivity index is 1.59. The number of imide groups is 1. The molecule has 8 heteroatoms. The van der Waals surface area contributed by atoms with Gasteiger partial charge in [-0.05, 0) is 48.4 Å². The minimum Gasteiger partial charge on any atom is -0.383 e. The van der Waals surface area contributed by atoms with Crippen LogP contribution < -0.4 is 10.6 Å². The number of benzene rings is 1. The van der Waals surface area contributed by atoms with Crippen LogP contribution in [0, 0.1) is 0 Å². The molecule has 2 aromatic rings. The van der Waals surface area contributed by atoms with Crippen LogP contribution >= 0.6 is 11.3 Å². The van der Waals surface area contributed by atoms with Crippen LogP contribution in [0.25, 0.3) is 0 Å². The number of carbonyl (C=O) groups excluding carboxylic acids is 2. The molecular weight excluding hydrogens is 376 g/mol. The van der Waals surface area contributed by atoms with Crippen molar-refractivity contribution in [2.75, 3.05) is 26.2 Å². The summed E-state index contributed by atoms with van der Waals surface area (Å²) in [4.78, 5) is 30.5. The molecule has 0 radical (unpaired) electrons. The second-order valence-electron chi connectivity index (χ2n) is 6.72. The van der Waals surface area contributed by atoms with Crippen LogP contribution in [0.5, 0.6) is 0 Å². The molecule has 0 fully saturated rings. The molecule has 0 spiro atoms. The zero-order valence-electron chi connectivity index (χ0n) is 15.9. The Morgan fingerprint density at radius 1 is 1.18 bits per heavy atom. The zero-order valence-corrected chi connectivity index (χ0v) is 16.8. The number of carbonyl (C=O) groups is 2. The molecule has 3 rings (SSSR count). The molecule has 1 aliphatic rings. The van der Waals surface area contributed by atoms with E-state index in [1.165, 1.54) is 16.2 Å². The fourth-order valence-corrected chi connectivity index (χ4v) is 3.75. The molecule has 2 amide bonds. The molecule has 1 aromatic carbocycles. The van der Waals surface area contributed by atoms with Crippen molar-refractivity contribution in [1.29, 1.82) is 0 Å². The third kappa shape index (κ3) is 4.23. The van der Waals surface area contributed by atoms with Gasteiger partial charge in [-0.15, -0.1) is 0 Å². The van der Waals surface area contributed by atoms with E-state index in [-0.39, 0.29) is 24.9 Å². The molecule has 1 atom stereocenters. The van der Waals surface area contributed by atoms with E-state index in [2.05, 4.69) is 15.6 Å². The highest BCUT2D eigenvalue weighted by Crippen LogP contribution is 2.23. The summed E-state index contributed by atoms with van der Waals surface area (Å²) in [6.45, 7) is 5.10. The fraction of sp³-hybridized carbons (Fsp3) is 0.350. The number of nitrogens with one attached hydrogen (secondary N) is 2. The van der Waals surface area contributed by atoms with E-state index in [1.807, 2.05) is 23.8 Å². The largest absolute Gasteiger partial charge is 0.383 e. The van der Waals surface area contributed by atoms with Crippen LogP contribution in [-0.4, -0.2) is 54.0 Å². The van der Waals surface area contributed by atoms with Crippen LogP contribution in [0.1, 0.15) is 40.1 Å². The molecule has 148 valence electrons. The topological polar surface area (TPSA) is 94.0 Å². The number of guanidine groups is 1. The molecule has 1 aromatic heterocycles. The van der Waals surface area contributed by atoms with Crippen LogP contribution in [0.2, 0.25) is 0 Å². The lowest BCUT2D eigenvalue weighted by Gasteiger charge is -2.21. The van der Waals surface area contributed by atoms with E-state index < -0.39 is 5.60 Å². The zero-order chi connectivity index (χ0) is 20.1. The first-order chi connectivity index (χ1) is 13.4. The van der Waals surface area contributed by atoms with E-state index in [0.717, 1.165) is 5.56 Å². The van der Waals surface area contributed by atoms with E-state index in [0.29, 0.717) is 30.2 Å². The van der Waals surface area contributed by atoms with Crippen molar-refractivity contribution < 1.29 is 14.7 Å². The van der Waals surface area contributed by atoms with Gasteiger partial charge in [-0.25, -0.2) is 4.99 Å². The smallest absolute Gasteiger partial charge is 0.261 e. The van der Waals surface area contributed by atoms with Gasteiger partial charge in [-0.1, -0.05) is 12.1 Å². The predicted molar refractivity (Wildman–Crippen MR) is 110 cm³/mol. The number of aliphatic hydroxyl groups is 1. The van der Waals surface area contributed by atoms with Crippen LogP contribution in [-0.2, 0) is 5.60 Å². The number of aliphatic imine (C=N–C) groups is 1. The number of amides is 2. The van der Waals surface area contributed by atoms with Crippen molar-refractivity contribution in [3.05, 3.63) is 57.8 Å². The van der Waals surface area contributed by atoms with E-state index >= 15 is 0 Å². The number of rotatable bonds is 7. The van der Waals surface area contributed by atoms with E-state index in [9.17, 15) is 14.7 Å². The number of fused-ring (bicyclic) bond motifs is 1. The summed E-state index contributed by atoms with van der Waals surface area (Å²) in [5.74, 6) is -0.0240. The molecule has 3 N–H and O–H groups in total. The summed E-state index contributed by atoms with van der Waals surface area (Å²) in [7, 11) is 0. The normalized spacial score (nSPS) is 16.1. The summed E-state index contributed by atoms with van der Waals surface area (Å²) >= 11 is 1.53. The molecule has 7 nitrogen and oxygen atoms in total. The van der Waals surface area contributed by atoms with Gasteiger partial charge in [0.2, 0.25) is 0 Å². The summed E-state index contributed by atoms with van der Waals surface area (Å²) < 4.78 is 0. The van der Waals surface area contributed by atoms with Crippen LogP contribution in [0.3, 0.4) is 0 Å². The Bertz CT molecular complexity index is 842. The summed E-state index contributed by atoms with van der Waals surface area (Å²) in [6, 6.07) is 8.72. The average molecular weight is 401 g/mol. The first-order valence-electron chi connectivity index (χ1n) is 9.16. The molecule has 28 heavy (non-hydrogen) atoms. The van der Waals surface area contributed by atoms with Gasteiger partial charge in [0.15, 0.2) is 5.96 Å². The second kappa shape index (κ2) is 8.53. The van der Waals surface area contributed by atoms with Gasteiger partial charge in [0.25, 0.3) is 11.8 Å². The minimum atomic E-state index is -1.06. The molecule has 1 aliphatic heterocycles. The SMILES string of the molecule is CCNC(=NCC(C)(O)c1ccsc1)NCCN1C(=O)c2ccccc2C1=O. The van der Waals surface area contributed by atoms with Gasteiger partial charge in [-0.2, -0.15) is 11.3 Å². The Morgan fingerprint density at radius 2 is 1.86 bits per heavy atom. The molecule has 0 bridgehead atoms. The van der Waals surface area contributed by atoms with Crippen LogP contribution in [0.4, 0.5) is 0 Å². The molecule has 0 saturated heterocycles. The monoisotopic (exact) mass is 400 g/mol. The van der Waals surface area contributed by atoms with Crippen molar-refractivity contribution in [3.8, 4) is 0 Å². The third-order valence-electron chi connectivity index (χ3n) is 4.54. The van der Waals surface area contributed by atoms with Gasteiger partial charge in [-0.3, -0.25) is 14.5 Å². The molecule has 1 unspecified atom stereocenters. The van der Waals surface area contributed by atoms with E-state index in [1.54, 1.807) is 31.2 Å². The highest BCUT2D eigenvalue weighted by Gasteiger charge is 2.34. The predicted octanol–water partition coefficient (Wildman–Crippen LogP) is 1.81. The van der Waals surface area contributed by atoms with Gasteiger partial charge in [0.1, 0.15) is 5.60 Å². The molecular formula is C20H24N4O3S. The maximum Gasteiger partial charge on any atom is 0.261 e. The summed E-state index contributed by atoms with van der Waals surface area (Å²) in [5.41, 5.74) is 0.646. The lowest BCUT2D eigenvalue weighted by molar-refractivity contribution is 0.0656. The van der Waals surface area contributed by atoms with Crippen molar-refractivity contribution in [3.63, 3.8) is 0 Å². The maximum absolute atomic E-state index is 12.4. The lowest BCUT2D eigenvalue weighted by atomic mass is 10.00. The Labute approximate surface area is 168 Å². The van der Waals surface area contributed by atoms with Gasteiger partial charge in [0, 0.05) is 19.6 Å². The Hall–Kier alpha value is -2.71. The lowest BCUT2D eigenvalue weighted by Crippen LogP contribution is -2.43. The highest BCUT2D eigenvalue weighted by atomic mass is 32.1. The van der Waals surface area contributed by atoms with Crippen LogP contribution in [0.15, 0.2) is 46.1 Å². The van der Waals surface area contributed by atoms with Crippen molar-refractivity contribution in [2.45, 2.75) is 19.4 Å². The fourth-order valence-electron chi connectivity index (χ4n) is 2.97. The van der Waals surface area contributed by atoms with E-state index in [4.69, 9.17) is 0 Å². The van der Waals surface area contributed by atoms with Gasteiger partial charge < -0.3 is 15.7 Å². The molecule has 0 aliphatic carbocycles. The highest BCUT2D eigenvalue weighted by molar-refractivity contribution is 7.08. The van der Waals surface area contributed by atoms with Crippen molar-refractivity contribution in [2.24, 2.45) is 4.99 Å². The summed E-state index contributed by atoms with van der Waals surface area (Å²) in [5, 5.41) is 20.6. The average Bonchev–Trinajstić information content (AvgIpc) is 3.31. The summed E-state index contributed by atoms with van der Waals surface area (Å²) in [6.07, 6.45) is 0. The quantitative estimate of drug-likeness (QED) is 0.374. The first-order valence-corrected chi connectivity index (χ1v) is 10.1. The van der Waals surface area contributed by atoms with Crippen molar-refractivity contribution in [1.82, 2.24) is 15.5 Å². The van der Waals surface area contributed by atoms with Gasteiger partial charge in [0.05, 0.1) is 17.7 Å². The number of hydrogen-bond donors (Lipinski definition) is 3. The first kappa shape index (κ1) is 20.0. The number of nitrogens with zero attached hydrogens (tertiary/aromatic N) is 2. The Kier molecular flexibility index (Phi) is 6.11. The standard InChI is InChI=1S/C20H24N4O3S/c1-3-21-19(23-13-20(2,27)14-8-11-28-12-14)22-9-10-24-17(25)15-6-4-5-7-16(15)18(24)26/h4-8,11-12,27H,3,9-10,13H2,1-2H3,(H2,21,22,23). The molecule has 0 saturated carbocycles. The molecule has 2 heterocycles. The number of hydrogen-bond acceptors (Lipinski definition) is 5.